The molecule has 4 N–H and O–H groups in total. The molecule has 1 aromatic rings. The van der Waals surface area contributed by atoms with E-state index in [0.717, 1.165) is 17.5 Å². The number of aryl methyl sites for hydroxylation is 1. The van der Waals surface area contributed by atoms with Crippen LogP contribution in [0.15, 0.2) is 18.2 Å². The Kier molecular flexibility index (Phi) is 5.40. The lowest BCUT2D eigenvalue weighted by molar-refractivity contribution is -0.121. The lowest BCUT2D eigenvalue weighted by atomic mass is 9.71. The van der Waals surface area contributed by atoms with E-state index in [1.807, 2.05) is 12.1 Å². The van der Waals surface area contributed by atoms with Crippen molar-refractivity contribution >= 4 is 5.91 Å². The number of rotatable bonds is 5. The highest BCUT2D eigenvalue weighted by atomic mass is 16.3. The molecule has 0 aliphatic heterocycles. The van der Waals surface area contributed by atoms with Crippen molar-refractivity contribution in [2.75, 3.05) is 0 Å². The van der Waals surface area contributed by atoms with Crippen LogP contribution in [-0.2, 0) is 16.6 Å². The van der Waals surface area contributed by atoms with Crippen molar-refractivity contribution in [1.29, 1.82) is 0 Å². The van der Waals surface area contributed by atoms with Gasteiger partial charge in [-0.2, -0.15) is 0 Å². The molecule has 1 aromatic carbocycles. The minimum absolute atomic E-state index is 0.130. The van der Waals surface area contributed by atoms with E-state index in [1.165, 1.54) is 0 Å². The van der Waals surface area contributed by atoms with Gasteiger partial charge < -0.3 is 5.11 Å². The van der Waals surface area contributed by atoms with Crippen LogP contribution in [0.4, 0.5) is 0 Å². The smallest absolute Gasteiger partial charge is 0.234 e. The predicted molar refractivity (Wildman–Crippen MR) is 85.9 cm³/mol. The second-order valence-electron chi connectivity index (χ2n) is 7.54. The summed E-state index contributed by atoms with van der Waals surface area (Å²) >= 11 is 0. The Hall–Kier alpha value is -1.55. The maximum Gasteiger partial charge on any atom is 0.234 e. The molecule has 0 fully saturated rings. The molecule has 0 heterocycles. The van der Waals surface area contributed by atoms with Gasteiger partial charge in [0.1, 0.15) is 5.75 Å². The monoisotopic (exact) mass is 292 g/mol. The van der Waals surface area contributed by atoms with Gasteiger partial charge in [-0.25, -0.2) is 5.84 Å². The van der Waals surface area contributed by atoms with Crippen molar-refractivity contribution in [2.45, 2.75) is 59.3 Å². The number of hydrazine groups is 1. The number of carbonyl (C=O) groups is 1. The molecule has 0 atom stereocenters. The van der Waals surface area contributed by atoms with Crippen molar-refractivity contribution < 1.29 is 9.90 Å². The van der Waals surface area contributed by atoms with Crippen LogP contribution in [0.3, 0.4) is 0 Å². The van der Waals surface area contributed by atoms with Gasteiger partial charge in [0.25, 0.3) is 0 Å². The summed E-state index contributed by atoms with van der Waals surface area (Å²) in [6.45, 7) is 10.9. The van der Waals surface area contributed by atoms with Gasteiger partial charge in [-0.05, 0) is 40.9 Å². The number of amides is 1. The van der Waals surface area contributed by atoms with Crippen molar-refractivity contribution in [3.63, 3.8) is 0 Å². The van der Waals surface area contributed by atoms with E-state index >= 15 is 0 Å². The van der Waals surface area contributed by atoms with Gasteiger partial charge in [0.15, 0.2) is 0 Å². The fourth-order valence-electron chi connectivity index (χ4n) is 3.03. The molecule has 4 nitrogen and oxygen atoms in total. The zero-order valence-corrected chi connectivity index (χ0v) is 13.8. The molecule has 0 aromatic heterocycles. The van der Waals surface area contributed by atoms with E-state index in [1.54, 1.807) is 6.07 Å². The fraction of sp³-hybridized carbons (Fsp3) is 0.588. The van der Waals surface area contributed by atoms with Crippen LogP contribution in [-0.4, -0.2) is 11.0 Å². The molecule has 0 saturated carbocycles. The van der Waals surface area contributed by atoms with Crippen molar-refractivity contribution in [3.8, 4) is 5.75 Å². The van der Waals surface area contributed by atoms with E-state index in [9.17, 15) is 9.90 Å². The first-order valence-corrected chi connectivity index (χ1v) is 7.37. The minimum atomic E-state index is -0.182. The van der Waals surface area contributed by atoms with Crippen molar-refractivity contribution in [3.05, 3.63) is 29.3 Å². The summed E-state index contributed by atoms with van der Waals surface area (Å²) in [5, 5.41) is 10.2. The van der Waals surface area contributed by atoms with Gasteiger partial charge in [-0.1, -0.05) is 46.8 Å². The lowest BCUT2D eigenvalue weighted by Gasteiger charge is -2.33. The molecule has 0 aliphatic rings. The Labute approximate surface area is 127 Å². The summed E-state index contributed by atoms with van der Waals surface area (Å²) in [4.78, 5) is 11.2. The van der Waals surface area contributed by atoms with E-state index in [4.69, 9.17) is 5.84 Å². The van der Waals surface area contributed by atoms with Crippen LogP contribution in [0.2, 0.25) is 0 Å². The zero-order valence-electron chi connectivity index (χ0n) is 13.8. The predicted octanol–water partition coefficient (Wildman–Crippen LogP) is 3.03. The Morgan fingerprint density at radius 2 is 1.86 bits per heavy atom. The minimum Gasteiger partial charge on any atom is -0.508 e. The van der Waals surface area contributed by atoms with Crippen LogP contribution in [0.1, 0.15) is 58.6 Å². The molecule has 0 unspecified atom stereocenters. The second-order valence-corrected chi connectivity index (χ2v) is 7.54. The largest absolute Gasteiger partial charge is 0.508 e. The molecule has 0 aliphatic carbocycles. The normalized spacial score (nSPS) is 12.3. The number of carbonyl (C=O) groups excluding carboxylic acids is 1. The van der Waals surface area contributed by atoms with Crippen LogP contribution >= 0.6 is 0 Å². The van der Waals surface area contributed by atoms with Crippen molar-refractivity contribution in [2.24, 2.45) is 11.3 Å². The lowest BCUT2D eigenvalue weighted by Crippen LogP contribution is -2.30. The number of hydrogen-bond acceptors (Lipinski definition) is 3. The molecular weight excluding hydrogens is 264 g/mol. The van der Waals surface area contributed by atoms with Crippen LogP contribution < -0.4 is 11.3 Å². The summed E-state index contributed by atoms with van der Waals surface area (Å²) in [7, 11) is 0. The molecule has 1 rings (SSSR count). The summed E-state index contributed by atoms with van der Waals surface area (Å²) in [5.74, 6) is 5.22. The topological polar surface area (TPSA) is 75.4 Å². The van der Waals surface area contributed by atoms with E-state index in [2.05, 4.69) is 40.0 Å². The molecular formula is C17H28N2O2. The van der Waals surface area contributed by atoms with Crippen LogP contribution in [0, 0.1) is 5.41 Å². The van der Waals surface area contributed by atoms with E-state index in [-0.39, 0.29) is 16.7 Å². The first-order valence-electron chi connectivity index (χ1n) is 7.37. The summed E-state index contributed by atoms with van der Waals surface area (Å²) in [6, 6.07) is 5.58. The zero-order chi connectivity index (χ0) is 16.3. The fourth-order valence-corrected chi connectivity index (χ4v) is 3.03. The van der Waals surface area contributed by atoms with Crippen molar-refractivity contribution in [1.82, 2.24) is 5.43 Å². The first-order chi connectivity index (χ1) is 9.55. The van der Waals surface area contributed by atoms with E-state index in [0.29, 0.717) is 18.6 Å². The highest BCUT2D eigenvalue weighted by molar-refractivity contribution is 5.75. The first kappa shape index (κ1) is 17.5. The molecule has 0 radical (unpaired) electrons. The SMILES string of the molecule is CC(C)(C)CC(C)(C)c1cc(CCC(=O)NN)ccc1O. The maximum atomic E-state index is 11.2. The van der Waals surface area contributed by atoms with Gasteiger partial charge in [0.2, 0.25) is 5.91 Å². The molecule has 21 heavy (non-hydrogen) atoms. The third-order valence-electron chi connectivity index (χ3n) is 3.56. The van der Waals surface area contributed by atoms with Crippen LogP contribution in [0.25, 0.3) is 0 Å². The third kappa shape index (κ3) is 5.38. The number of nitrogens with two attached hydrogens (primary N) is 1. The quantitative estimate of drug-likeness (QED) is 0.443. The number of hydrogen-bond donors (Lipinski definition) is 3. The Morgan fingerprint density at radius 1 is 1.24 bits per heavy atom. The Balaban J connectivity index is 2.98. The summed E-state index contributed by atoms with van der Waals surface area (Å²) in [5.41, 5.74) is 4.14. The molecule has 4 heteroatoms. The van der Waals surface area contributed by atoms with Gasteiger partial charge in [-0.15, -0.1) is 0 Å². The van der Waals surface area contributed by atoms with Crippen LogP contribution in [0.5, 0.6) is 5.75 Å². The summed E-state index contributed by atoms with van der Waals surface area (Å²) in [6.07, 6.45) is 1.92. The van der Waals surface area contributed by atoms with Gasteiger partial charge >= 0.3 is 0 Å². The standard InChI is InChI=1S/C17H28N2O2/c1-16(2,3)11-17(4,5)13-10-12(6-8-14(13)20)7-9-15(21)19-18/h6,8,10,20H,7,9,11,18H2,1-5H3,(H,19,21). The average Bonchev–Trinajstić information content (AvgIpc) is 2.34. The Bertz CT molecular complexity index is 502. The number of nitrogens with one attached hydrogen (secondary N) is 1. The maximum absolute atomic E-state index is 11.2. The second kappa shape index (κ2) is 6.48. The van der Waals surface area contributed by atoms with Gasteiger partial charge in [0.05, 0.1) is 0 Å². The molecule has 1 amide bonds. The molecule has 0 spiro atoms. The highest BCUT2D eigenvalue weighted by Crippen LogP contribution is 2.40. The number of phenols is 1. The number of aromatic hydroxyl groups is 1. The number of phenolic OH excluding ortho intramolecular Hbond substituents is 1. The number of benzene rings is 1. The van der Waals surface area contributed by atoms with Gasteiger partial charge in [0, 0.05) is 6.42 Å². The van der Waals surface area contributed by atoms with E-state index < -0.39 is 0 Å². The summed E-state index contributed by atoms with van der Waals surface area (Å²) < 4.78 is 0. The molecule has 0 bridgehead atoms. The average molecular weight is 292 g/mol. The van der Waals surface area contributed by atoms with Gasteiger partial charge in [-0.3, -0.25) is 10.2 Å². The molecule has 0 saturated heterocycles. The third-order valence-corrected chi connectivity index (χ3v) is 3.56. The molecule has 118 valence electrons. The highest BCUT2D eigenvalue weighted by Gasteiger charge is 2.29. The Morgan fingerprint density at radius 3 is 2.38 bits per heavy atom.